The predicted octanol–water partition coefficient (Wildman–Crippen LogP) is 2.88. The number of rotatable bonds is 5. The molecule has 0 unspecified atom stereocenters. The maximum Gasteiger partial charge on any atom is 0.260 e. The van der Waals surface area contributed by atoms with E-state index in [4.69, 9.17) is 16.3 Å². The first-order chi connectivity index (χ1) is 11.7. The Morgan fingerprint density at radius 1 is 1.08 bits per heavy atom. The Morgan fingerprint density at radius 2 is 1.76 bits per heavy atom. The van der Waals surface area contributed by atoms with E-state index < -0.39 is 0 Å². The summed E-state index contributed by atoms with van der Waals surface area (Å²) in [6.07, 6.45) is 3.61. The fourth-order valence-corrected chi connectivity index (χ4v) is 2.88. The molecule has 1 aliphatic heterocycles. The van der Waals surface area contributed by atoms with Crippen molar-refractivity contribution in [1.82, 2.24) is 14.8 Å². The van der Waals surface area contributed by atoms with Crippen LogP contribution < -0.4 is 4.74 Å². The van der Waals surface area contributed by atoms with Gasteiger partial charge in [-0.3, -0.25) is 14.7 Å². The van der Waals surface area contributed by atoms with Gasteiger partial charge in [-0.2, -0.15) is 0 Å². The SMILES string of the molecule is Cl.O=C(COc1ccccc1Cl)N1CCN(Cc2ccncc2)CC1. The smallest absolute Gasteiger partial charge is 0.260 e. The van der Waals surface area contributed by atoms with Crippen molar-refractivity contribution in [3.63, 3.8) is 0 Å². The van der Waals surface area contributed by atoms with Crippen molar-refractivity contribution in [2.45, 2.75) is 6.54 Å². The molecule has 1 aromatic heterocycles. The number of ether oxygens (including phenoxy) is 1. The summed E-state index contributed by atoms with van der Waals surface area (Å²) in [6.45, 7) is 4.07. The van der Waals surface area contributed by atoms with Crippen molar-refractivity contribution in [1.29, 1.82) is 0 Å². The second kappa shape index (κ2) is 9.61. The van der Waals surface area contributed by atoms with E-state index in [1.54, 1.807) is 24.5 Å². The highest BCUT2D eigenvalue weighted by Gasteiger charge is 2.21. The molecule has 1 saturated heterocycles. The van der Waals surface area contributed by atoms with Crippen LogP contribution in [-0.2, 0) is 11.3 Å². The molecule has 1 aromatic carbocycles. The van der Waals surface area contributed by atoms with Crippen molar-refractivity contribution < 1.29 is 9.53 Å². The van der Waals surface area contributed by atoms with Crippen LogP contribution in [0.3, 0.4) is 0 Å². The Labute approximate surface area is 159 Å². The molecular weight excluding hydrogens is 361 g/mol. The lowest BCUT2D eigenvalue weighted by Gasteiger charge is -2.34. The van der Waals surface area contributed by atoms with E-state index in [1.807, 2.05) is 29.2 Å². The number of aromatic nitrogens is 1. The van der Waals surface area contributed by atoms with E-state index in [9.17, 15) is 4.79 Å². The van der Waals surface area contributed by atoms with Gasteiger partial charge in [0.15, 0.2) is 6.61 Å². The summed E-state index contributed by atoms with van der Waals surface area (Å²) in [4.78, 5) is 20.5. The van der Waals surface area contributed by atoms with E-state index >= 15 is 0 Å². The molecule has 25 heavy (non-hydrogen) atoms. The molecule has 0 bridgehead atoms. The Hall–Kier alpha value is -1.82. The zero-order chi connectivity index (χ0) is 16.8. The highest BCUT2D eigenvalue weighted by atomic mass is 35.5. The number of halogens is 2. The summed E-state index contributed by atoms with van der Waals surface area (Å²) in [5.74, 6) is 0.544. The topological polar surface area (TPSA) is 45.7 Å². The van der Waals surface area contributed by atoms with Crippen molar-refractivity contribution in [3.8, 4) is 5.75 Å². The van der Waals surface area contributed by atoms with Gasteiger partial charge in [-0.05, 0) is 29.8 Å². The molecule has 7 heteroatoms. The molecule has 2 aromatic rings. The first-order valence-corrected chi connectivity index (χ1v) is 8.36. The van der Waals surface area contributed by atoms with Gasteiger partial charge in [-0.25, -0.2) is 0 Å². The van der Waals surface area contributed by atoms with Gasteiger partial charge in [0, 0.05) is 45.1 Å². The Kier molecular flexibility index (Phi) is 7.50. The van der Waals surface area contributed by atoms with Crippen molar-refractivity contribution in [2.24, 2.45) is 0 Å². The fourth-order valence-electron chi connectivity index (χ4n) is 2.69. The molecule has 134 valence electrons. The number of amides is 1. The highest BCUT2D eigenvalue weighted by molar-refractivity contribution is 6.32. The van der Waals surface area contributed by atoms with Gasteiger partial charge in [0.2, 0.25) is 0 Å². The van der Waals surface area contributed by atoms with Gasteiger partial charge < -0.3 is 9.64 Å². The molecule has 2 heterocycles. The van der Waals surface area contributed by atoms with Gasteiger partial charge in [-0.15, -0.1) is 12.4 Å². The Morgan fingerprint density at radius 3 is 2.44 bits per heavy atom. The number of nitrogens with zero attached hydrogens (tertiary/aromatic N) is 3. The van der Waals surface area contributed by atoms with Gasteiger partial charge in [0.25, 0.3) is 5.91 Å². The number of carbonyl (C=O) groups is 1. The lowest BCUT2D eigenvalue weighted by atomic mass is 10.2. The van der Waals surface area contributed by atoms with Gasteiger partial charge in [0.05, 0.1) is 5.02 Å². The predicted molar refractivity (Wildman–Crippen MR) is 100 cm³/mol. The van der Waals surface area contributed by atoms with Crippen LogP contribution in [0.5, 0.6) is 5.75 Å². The normalized spacial score (nSPS) is 14.7. The number of hydrogen-bond donors (Lipinski definition) is 0. The van der Waals surface area contributed by atoms with Gasteiger partial charge >= 0.3 is 0 Å². The van der Waals surface area contributed by atoms with Crippen LogP contribution in [0, 0.1) is 0 Å². The van der Waals surface area contributed by atoms with Crippen LogP contribution in [-0.4, -0.2) is 53.5 Å². The summed E-state index contributed by atoms with van der Waals surface area (Å²) >= 11 is 6.03. The minimum Gasteiger partial charge on any atom is -0.482 e. The highest BCUT2D eigenvalue weighted by Crippen LogP contribution is 2.23. The van der Waals surface area contributed by atoms with E-state index in [-0.39, 0.29) is 24.9 Å². The van der Waals surface area contributed by atoms with Crippen LogP contribution in [0.1, 0.15) is 5.56 Å². The average molecular weight is 382 g/mol. The zero-order valence-electron chi connectivity index (χ0n) is 13.8. The molecule has 0 saturated carbocycles. The number of benzene rings is 1. The molecule has 0 spiro atoms. The van der Waals surface area contributed by atoms with Gasteiger partial charge in [0.1, 0.15) is 5.75 Å². The quantitative estimate of drug-likeness (QED) is 0.798. The lowest BCUT2D eigenvalue weighted by Crippen LogP contribution is -2.49. The largest absolute Gasteiger partial charge is 0.482 e. The monoisotopic (exact) mass is 381 g/mol. The second-order valence-electron chi connectivity index (χ2n) is 5.73. The van der Waals surface area contributed by atoms with E-state index in [2.05, 4.69) is 9.88 Å². The van der Waals surface area contributed by atoms with Crippen LogP contribution in [0.2, 0.25) is 5.02 Å². The fraction of sp³-hybridized carbons (Fsp3) is 0.333. The number of hydrogen-bond acceptors (Lipinski definition) is 4. The summed E-state index contributed by atoms with van der Waals surface area (Å²) < 4.78 is 5.53. The molecular formula is C18H21Cl2N3O2. The van der Waals surface area contributed by atoms with Crippen LogP contribution in [0.4, 0.5) is 0 Å². The third-order valence-corrected chi connectivity index (χ3v) is 4.38. The average Bonchev–Trinajstić information content (AvgIpc) is 2.62. The Bertz CT molecular complexity index is 677. The first kappa shape index (κ1) is 19.5. The third kappa shape index (κ3) is 5.59. The summed E-state index contributed by atoms with van der Waals surface area (Å²) in [7, 11) is 0. The lowest BCUT2D eigenvalue weighted by molar-refractivity contribution is -0.135. The molecule has 1 amide bonds. The second-order valence-corrected chi connectivity index (χ2v) is 6.14. The van der Waals surface area contributed by atoms with E-state index in [0.717, 1.165) is 32.7 Å². The molecule has 0 aliphatic carbocycles. The number of pyridine rings is 1. The van der Waals surface area contributed by atoms with Crippen molar-refractivity contribution >= 4 is 29.9 Å². The molecule has 5 nitrogen and oxygen atoms in total. The van der Waals surface area contributed by atoms with Gasteiger partial charge in [-0.1, -0.05) is 23.7 Å². The molecule has 0 atom stereocenters. The summed E-state index contributed by atoms with van der Waals surface area (Å²) in [5.41, 5.74) is 1.24. The van der Waals surface area contributed by atoms with Crippen LogP contribution >= 0.6 is 24.0 Å². The van der Waals surface area contributed by atoms with E-state index in [1.165, 1.54) is 5.56 Å². The van der Waals surface area contributed by atoms with Crippen LogP contribution in [0.25, 0.3) is 0 Å². The molecule has 3 rings (SSSR count). The van der Waals surface area contributed by atoms with Crippen LogP contribution in [0.15, 0.2) is 48.8 Å². The van der Waals surface area contributed by atoms with E-state index in [0.29, 0.717) is 10.8 Å². The van der Waals surface area contributed by atoms with Crippen molar-refractivity contribution in [2.75, 3.05) is 32.8 Å². The number of carbonyl (C=O) groups excluding carboxylic acids is 1. The molecule has 0 N–H and O–H groups in total. The maximum atomic E-state index is 12.3. The molecule has 1 fully saturated rings. The minimum absolute atomic E-state index is 0. The third-order valence-electron chi connectivity index (χ3n) is 4.07. The maximum absolute atomic E-state index is 12.3. The molecule has 1 aliphatic rings. The zero-order valence-corrected chi connectivity index (χ0v) is 15.4. The Balaban J connectivity index is 0.00000225. The minimum atomic E-state index is -0.00141. The number of piperazine rings is 1. The first-order valence-electron chi connectivity index (χ1n) is 7.99. The molecule has 0 radical (unpaired) electrons. The summed E-state index contributed by atoms with van der Waals surface area (Å²) in [5, 5.41) is 0.521. The number of para-hydroxylation sites is 1. The van der Waals surface area contributed by atoms with Crippen molar-refractivity contribution in [3.05, 3.63) is 59.4 Å². The standard InChI is InChI=1S/C18H20ClN3O2.ClH/c19-16-3-1-2-4-17(16)24-14-18(23)22-11-9-21(10-12-22)13-15-5-7-20-8-6-15;/h1-8H,9-14H2;1H. The summed E-state index contributed by atoms with van der Waals surface area (Å²) in [6, 6.07) is 11.2.